The smallest absolute Gasteiger partial charge is 0.316 e. The van der Waals surface area contributed by atoms with Gasteiger partial charge < -0.3 is 9.47 Å². The number of allylic oxidation sites excluding steroid dienone is 3. The SMILES string of the molecule is C=CCOc1ccc(C(=O)C(C)OC(=O)C2(CCCCCC)C=CC(c3ccccc3)=CC2)cc1. The highest BCUT2D eigenvalue weighted by Gasteiger charge is 2.39. The number of Topliss-reactive ketones (excluding diaryl/α,β-unsaturated/α-hetero) is 1. The number of hydrogen-bond acceptors (Lipinski definition) is 4. The molecule has 0 amide bonds. The molecule has 0 spiro atoms. The van der Waals surface area contributed by atoms with Crippen molar-refractivity contribution >= 4 is 17.3 Å². The summed E-state index contributed by atoms with van der Waals surface area (Å²) in [5.74, 6) is 0.0981. The van der Waals surface area contributed by atoms with E-state index in [0.29, 0.717) is 30.8 Å². The van der Waals surface area contributed by atoms with E-state index in [9.17, 15) is 9.59 Å². The molecule has 0 radical (unpaired) electrons. The molecule has 4 heteroatoms. The number of rotatable bonds is 13. The van der Waals surface area contributed by atoms with Gasteiger partial charge in [0.25, 0.3) is 0 Å². The first-order valence-electron chi connectivity index (χ1n) is 12.5. The van der Waals surface area contributed by atoms with Crippen molar-refractivity contribution in [3.63, 3.8) is 0 Å². The van der Waals surface area contributed by atoms with E-state index in [0.717, 1.165) is 36.8 Å². The minimum Gasteiger partial charge on any atom is -0.490 e. The van der Waals surface area contributed by atoms with Gasteiger partial charge in [0.15, 0.2) is 6.10 Å². The molecular weight excluding hydrogens is 436 g/mol. The molecule has 184 valence electrons. The average Bonchev–Trinajstić information content (AvgIpc) is 2.90. The summed E-state index contributed by atoms with van der Waals surface area (Å²) in [6.07, 6.45) is 12.5. The van der Waals surface area contributed by atoms with Crippen LogP contribution in [-0.4, -0.2) is 24.5 Å². The van der Waals surface area contributed by atoms with Crippen LogP contribution in [0.3, 0.4) is 0 Å². The number of ether oxygens (including phenoxy) is 2. The van der Waals surface area contributed by atoms with Gasteiger partial charge in [-0.1, -0.05) is 93.8 Å². The van der Waals surface area contributed by atoms with Gasteiger partial charge in [-0.3, -0.25) is 9.59 Å². The van der Waals surface area contributed by atoms with E-state index in [1.54, 1.807) is 37.3 Å². The minimum absolute atomic E-state index is 0.227. The highest BCUT2D eigenvalue weighted by Crippen LogP contribution is 2.39. The van der Waals surface area contributed by atoms with Gasteiger partial charge in [0, 0.05) is 5.56 Å². The van der Waals surface area contributed by atoms with Crippen molar-refractivity contribution in [3.8, 4) is 5.75 Å². The third kappa shape index (κ3) is 7.05. The van der Waals surface area contributed by atoms with Crippen LogP contribution in [0.25, 0.3) is 5.57 Å². The van der Waals surface area contributed by atoms with Crippen molar-refractivity contribution < 1.29 is 19.1 Å². The first-order valence-corrected chi connectivity index (χ1v) is 12.5. The first-order chi connectivity index (χ1) is 17.0. The molecule has 1 aliphatic rings. The van der Waals surface area contributed by atoms with Crippen molar-refractivity contribution in [3.05, 3.63) is 96.6 Å². The molecule has 35 heavy (non-hydrogen) atoms. The molecule has 0 aromatic heterocycles. The van der Waals surface area contributed by atoms with E-state index < -0.39 is 11.5 Å². The molecule has 0 N–H and O–H groups in total. The molecule has 2 aromatic rings. The maximum atomic E-state index is 13.5. The lowest BCUT2D eigenvalue weighted by Crippen LogP contribution is -2.36. The van der Waals surface area contributed by atoms with Crippen LogP contribution >= 0.6 is 0 Å². The summed E-state index contributed by atoms with van der Waals surface area (Å²) >= 11 is 0. The van der Waals surface area contributed by atoms with Crippen LogP contribution in [0.4, 0.5) is 0 Å². The maximum Gasteiger partial charge on any atom is 0.316 e. The van der Waals surface area contributed by atoms with E-state index in [-0.39, 0.29) is 11.8 Å². The van der Waals surface area contributed by atoms with Crippen LogP contribution in [0.15, 0.2) is 85.5 Å². The number of esters is 1. The van der Waals surface area contributed by atoms with Gasteiger partial charge in [-0.15, -0.1) is 0 Å². The molecule has 0 bridgehead atoms. The van der Waals surface area contributed by atoms with Gasteiger partial charge in [0.2, 0.25) is 5.78 Å². The first kappa shape index (κ1) is 26.2. The Kier molecular flexibility index (Phi) is 9.66. The van der Waals surface area contributed by atoms with E-state index >= 15 is 0 Å². The van der Waals surface area contributed by atoms with Gasteiger partial charge in [-0.05, 0) is 55.2 Å². The Morgan fingerprint density at radius 1 is 1.06 bits per heavy atom. The van der Waals surface area contributed by atoms with Gasteiger partial charge in [0.1, 0.15) is 12.4 Å². The summed E-state index contributed by atoms with van der Waals surface area (Å²) in [4.78, 5) is 26.4. The van der Waals surface area contributed by atoms with Gasteiger partial charge in [-0.25, -0.2) is 0 Å². The number of carbonyl (C=O) groups is 2. The van der Waals surface area contributed by atoms with Crippen molar-refractivity contribution in [2.24, 2.45) is 5.41 Å². The van der Waals surface area contributed by atoms with E-state index in [1.165, 1.54) is 0 Å². The highest BCUT2D eigenvalue weighted by atomic mass is 16.5. The predicted molar refractivity (Wildman–Crippen MR) is 141 cm³/mol. The maximum absolute atomic E-state index is 13.5. The van der Waals surface area contributed by atoms with Crippen molar-refractivity contribution in [1.82, 2.24) is 0 Å². The van der Waals surface area contributed by atoms with Crippen LogP contribution in [0.2, 0.25) is 0 Å². The van der Waals surface area contributed by atoms with Gasteiger partial charge in [-0.2, -0.15) is 0 Å². The fourth-order valence-electron chi connectivity index (χ4n) is 4.26. The van der Waals surface area contributed by atoms with Crippen LogP contribution in [0.1, 0.15) is 68.3 Å². The third-order valence-electron chi connectivity index (χ3n) is 6.42. The van der Waals surface area contributed by atoms with Crippen LogP contribution in [0.5, 0.6) is 5.75 Å². The van der Waals surface area contributed by atoms with Crippen molar-refractivity contribution in [2.45, 2.75) is 58.5 Å². The van der Waals surface area contributed by atoms with Crippen molar-refractivity contribution in [1.29, 1.82) is 0 Å². The second kappa shape index (κ2) is 12.9. The zero-order valence-corrected chi connectivity index (χ0v) is 20.9. The molecule has 0 saturated carbocycles. The summed E-state index contributed by atoms with van der Waals surface area (Å²) in [6, 6.07) is 17.0. The molecule has 0 fully saturated rings. The van der Waals surface area contributed by atoms with E-state index in [1.807, 2.05) is 30.4 Å². The molecule has 2 aromatic carbocycles. The molecule has 1 aliphatic carbocycles. The Balaban J connectivity index is 1.70. The predicted octanol–water partition coefficient (Wildman–Crippen LogP) is 7.37. The Labute approximate surface area is 209 Å². The third-order valence-corrected chi connectivity index (χ3v) is 6.42. The summed E-state index contributed by atoms with van der Waals surface area (Å²) in [5.41, 5.74) is 1.97. The summed E-state index contributed by atoms with van der Waals surface area (Å²) in [6.45, 7) is 7.84. The number of unbranched alkanes of at least 4 members (excludes halogenated alkanes) is 3. The second-order valence-corrected chi connectivity index (χ2v) is 9.07. The quantitative estimate of drug-likeness (QED) is 0.132. The zero-order valence-electron chi connectivity index (χ0n) is 20.9. The zero-order chi connectivity index (χ0) is 25.1. The molecule has 3 rings (SSSR count). The number of benzene rings is 2. The highest BCUT2D eigenvalue weighted by molar-refractivity contribution is 6.00. The van der Waals surface area contributed by atoms with Crippen LogP contribution in [0, 0.1) is 5.41 Å². The lowest BCUT2D eigenvalue weighted by Gasteiger charge is -2.31. The molecule has 0 saturated heterocycles. The van der Waals surface area contributed by atoms with Crippen molar-refractivity contribution in [2.75, 3.05) is 6.61 Å². The number of hydrogen-bond donors (Lipinski definition) is 0. The second-order valence-electron chi connectivity index (χ2n) is 9.07. The van der Waals surface area contributed by atoms with Crippen LogP contribution in [-0.2, 0) is 9.53 Å². The summed E-state index contributed by atoms with van der Waals surface area (Å²) in [5, 5.41) is 0. The van der Waals surface area contributed by atoms with Gasteiger partial charge in [0.05, 0.1) is 5.41 Å². The molecule has 0 aliphatic heterocycles. The van der Waals surface area contributed by atoms with Gasteiger partial charge >= 0.3 is 5.97 Å². The van der Waals surface area contributed by atoms with E-state index in [2.05, 4.69) is 31.7 Å². The number of carbonyl (C=O) groups excluding carboxylic acids is 2. The molecule has 4 nitrogen and oxygen atoms in total. The molecule has 0 heterocycles. The Bertz CT molecular complexity index is 1050. The standard InChI is InChI=1S/C31H36O4/c1-4-6-7-11-20-31(21-18-26(19-22-31)25-12-9-8-10-13-25)30(33)35-24(3)29(32)27-14-16-28(17-15-27)34-23-5-2/h5,8-10,12-19,21,24H,2,4,6-7,11,20,22-23H2,1,3H3. The molecule has 2 atom stereocenters. The Morgan fingerprint density at radius 3 is 2.43 bits per heavy atom. The lowest BCUT2D eigenvalue weighted by atomic mass is 9.75. The molecule has 2 unspecified atom stereocenters. The monoisotopic (exact) mass is 472 g/mol. The van der Waals surface area contributed by atoms with Crippen LogP contribution < -0.4 is 4.74 Å². The minimum atomic E-state index is -0.872. The average molecular weight is 473 g/mol. The normalized spacial score (nSPS) is 17.8. The number of ketones is 1. The summed E-state index contributed by atoms with van der Waals surface area (Å²) < 4.78 is 11.3. The largest absolute Gasteiger partial charge is 0.490 e. The fraction of sp³-hybridized carbons (Fsp3) is 0.355. The van der Waals surface area contributed by atoms with E-state index in [4.69, 9.17) is 9.47 Å². The summed E-state index contributed by atoms with van der Waals surface area (Å²) in [7, 11) is 0. The Morgan fingerprint density at radius 2 is 1.80 bits per heavy atom. The topological polar surface area (TPSA) is 52.6 Å². The fourth-order valence-corrected chi connectivity index (χ4v) is 4.26. The molecular formula is C31H36O4. The Hall–Kier alpha value is -3.40. The lowest BCUT2D eigenvalue weighted by molar-refractivity contribution is -0.156.